The van der Waals surface area contributed by atoms with Crippen LogP contribution in [0.1, 0.15) is 24.4 Å². The van der Waals surface area contributed by atoms with E-state index in [1.165, 1.54) is 0 Å². The van der Waals surface area contributed by atoms with Gasteiger partial charge in [0.05, 0.1) is 6.20 Å². The van der Waals surface area contributed by atoms with Crippen molar-refractivity contribution in [2.75, 3.05) is 20.1 Å². The first-order valence-electron chi connectivity index (χ1n) is 5.67. The minimum Gasteiger partial charge on any atom is -0.341 e. The number of amides is 1. The Bertz CT molecular complexity index is 368. The van der Waals surface area contributed by atoms with Crippen LogP contribution >= 0.6 is 0 Å². The van der Waals surface area contributed by atoms with Crippen molar-refractivity contribution in [3.05, 3.63) is 18.0 Å². The summed E-state index contributed by atoms with van der Waals surface area (Å²) < 4.78 is 1.72. The van der Waals surface area contributed by atoms with Crippen LogP contribution in [-0.2, 0) is 11.8 Å². The normalized spacial score (nSPS) is 17.8. The van der Waals surface area contributed by atoms with Gasteiger partial charge >= 0.3 is 0 Å². The highest BCUT2D eigenvalue weighted by Gasteiger charge is 2.27. The molecule has 0 radical (unpaired) electrons. The maximum Gasteiger partial charge on any atom is 0.244 e. The van der Waals surface area contributed by atoms with Gasteiger partial charge in [0.2, 0.25) is 5.91 Å². The summed E-state index contributed by atoms with van der Waals surface area (Å²) in [5, 5.41) is 7.16. The van der Waals surface area contributed by atoms with Gasteiger partial charge in [-0.2, -0.15) is 5.10 Å². The maximum absolute atomic E-state index is 12.2. The molecule has 1 aliphatic heterocycles. The fraction of sp³-hybridized carbons (Fsp3) is 0.636. The molecule has 2 heterocycles. The minimum atomic E-state index is -0.258. The molecule has 1 aliphatic rings. The number of rotatable bonds is 3. The molecule has 1 amide bonds. The van der Waals surface area contributed by atoms with Gasteiger partial charge in [0.25, 0.3) is 0 Å². The van der Waals surface area contributed by atoms with E-state index in [1.807, 2.05) is 25.2 Å². The first-order chi connectivity index (χ1) is 7.72. The highest BCUT2D eigenvalue weighted by atomic mass is 16.2. The van der Waals surface area contributed by atoms with Crippen molar-refractivity contribution in [1.82, 2.24) is 20.0 Å². The second-order valence-electron chi connectivity index (χ2n) is 4.20. The first kappa shape index (κ1) is 11.1. The third-order valence-corrected chi connectivity index (χ3v) is 3.01. The molecule has 1 saturated heterocycles. The van der Waals surface area contributed by atoms with Gasteiger partial charge in [0.15, 0.2) is 0 Å². The summed E-state index contributed by atoms with van der Waals surface area (Å²) in [6, 6.07) is -0.258. The van der Waals surface area contributed by atoms with E-state index in [4.69, 9.17) is 0 Å². The van der Waals surface area contributed by atoms with E-state index < -0.39 is 0 Å². The molecule has 1 aromatic heterocycles. The van der Waals surface area contributed by atoms with E-state index in [9.17, 15) is 4.79 Å². The molecule has 0 bridgehead atoms. The number of hydrogen-bond acceptors (Lipinski definition) is 3. The fourth-order valence-electron chi connectivity index (χ4n) is 2.14. The Morgan fingerprint density at radius 3 is 2.69 bits per heavy atom. The lowest BCUT2D eigenvalue weighted by Crippen LogP contribution is -2.37. The van der Waals surface area contributed by atoms with Crippen LogP contribution in [0.25, 0.3) is 0 Å². The average Bonchev–Trinajstić information content (AvgIpc) is 2.90. The predicted molar refractivity (Wildman–Crippen MR) is 60.8 cm³/mol. The second kappa shape index (κ2) is 4.65. The molecule has 0 aliphatic carbocycles. The lowest BCUT2D eigenvalue weighted by molar-refractivity contribution is -0.132. The molecule has 0 saturated carbocycles. The zero-order chi connectivity index (χ0) is 11.5. The molecule has 1 atom stereocenters. The van der Waals surface area contributed by atoms with Gasteiger partial charge in [-0.1, -0.05) is 0 Å². The number of aromatic nitrogens is 2. The van der Waals surface area contributed by atoms with E-state index in [2.05, 4.69) is 10.4 Å². The SMILES string of the molecule is CNC(C(=O)N1CCCC1)c1cnn(C)c1. The molecule has 16 heavy (non-hydrogen) atoms. The number of hydrogen-bond donors (Lipinski definition) is 1. The average molecular weight is 222 g/mol. The fourth-order valence-corrected chi connectivity index (χ4v) is 2.14. The van der Waals surface area contributed by atoms with Crippen molar-refractivity contribution in [3.63, 3.8) is 0 Å². The number of nitrogens with zero attached hydrogens (tertiary/aromatic N) is 3. The van der Waals surface area contributed by atoms with Crippen LogP contribution in [0.4, 0.5) is 0 Å². The quantitative estimate of drug-likeness (QED) is 0.800. The van der Waals surface area contributed by atoms with Crippen molar-refractivity contribution in [1.29, 1.82) is 0 Å². The molecular weight excluding hydrogens is 204 g/mol. The van der Waals surface area contributed by atoms with Gasteiger partial charge in [-0.05, 0) is 19.9 Å². The molecule has 88 valence electrons. The number of likely N-dealkylation sites (N-methyl/N-ethyl adjacent to an activating group) is 1. The third kappa shape index (κ3) is 2.09. The summed E-state index contributed by atoms with van der Waals surface area (Å²) >= 11 is 0. The first-order valence-corrected chi connectivity index (χ1v) is 5.67. The topological polar surface area (TPSA) is 50.2 Å². The standard InChI is InChI=1S/C11H18N4O/c1-12-10(9-7-13-14(2)8-9)11(16)15-5-3-4-6-15/h7-8,10,12H,3-6H2,1-2H3. The zero-order valence-corrected chi connectivity index (χ0v) is 9.81. The number of carbonyl (C=O) groups is 1. The molecule has 0 aromatic carbocycles. The van der Waals surface area contributed by atoms with Crippen LogP contribution in [0, 0.1) is 0 Å². The highest BCUT2D eigenvalue weighted by molar-refractivity contribution is 5.83. The molecule has 1 fully saturated rings. The van der Waals surface area contributed by atoms with Gasteiger partial charge in [-0.3, -0.25) is 9.48 Å². The van der Waals surface area contributed by atoms with Crippen LogP contribution in [0.3, 0.4) is 0 Å². The predicted octanol–water partition coefficient (Wildman–Crippen LogP) is 0.303. The molecule has 0 spiro atoms. The Balaban J connectivity index is 2.12. The van der Waals surface area contributed by atoms with Gasteiger partial charge in [-0.25, -0.2) is 0 Å². The number of nitrogens with one attached hydrogen (secondary N) is 1. The smallest absolute Gasteiger partial charge is 0.244 e. The Morgan fingerprint density at radius 1 is 1.50 bits per heavy atom. The largest absolute Gasteiger partial charge is 0.341 e. The van der Waals surface area contributed by atoms with Crippen molar-refractivity contribution < 1.29 is 4.79 Å². The van der Waals surface area contributed by atoms with E-state index >= 15 is 0 Å². The van der Waals surface area contributed by atoms with Gasteiger partial charge in [0.1, 0.15) is 6.04 Å². The summed E-state index contributed by atoms with van der Waals surface area (Å²) in [7, 11) is 3.67. The van der Waals surface area contributed by atoms with Crippen molar-refractivity contribution in [3.8, 4) is 0 Å². The van der Waals surface area contributed by atoms with Crippen LogP contribution in [0.5, 0.6) is 0 Å². The Labute approximate surface area is 95.4 Å². The van der Waals surface area contributed by atoms with Crippen molar-refractivity contribution in [2.24, 2.45) is 7.05 Å². The Hall–Kier alpha value is -1.36. The molecule has 1 aromatic rings. The molecular formula is C11H18N4O. The molecule has 2 rings (SSSR count). The monoisotopic (exact) mass is 222 g/mol. The van der Waals surface area contributed by atoms with E-state index in [0.29, 0.717) is 0 Å². The number of likely N-dealkylation sites (tertiary alicyclic amines) is 1. The Kier molecular flexibility index (Phi) is 3.24. The van der Waals surface area contributed by atoms with Crippen molar-refractivity contribution >= 4 is 5.91 Å². The summed E-state index contributed by atoms with van der Waals surface area (Å²) in [5.74, 6) is 0.160. The van der Waals surface area contributed by atoms with Crippen LogP contribution in [0.15, 0.2) is 12.4 Å². The minimum absolute atomic E-state index is 0.160. The van der Waals surface area contributed by atoms with Crippen LogP contribution in [0.2, 0.25) is 0 Å². The van der Waals surface area contributed by atoms with Gasteiger partial charge in [0, 0.05) is 31.9 Å². The number of carbonyl (C=O) groups excluding carboxylic acids is 1. The third-order valence-electron chi connectivity index (χ3n) is 3.01. The van der Waals surface area contributed by atoms with Gasteiger partial charge < -0.3 is 10.2 Å². The summed E-state index contributed by atoms with van der Waals surface area (Å²) in [4.78, 5) is 14.1. The van der Waals surface area contributed by atoms with E-state index in [0.717, 1.165) is 31.5 Å². The zero-order valence-electron chi connectivity index (χ0n) is 9.81. The Morgan fingerprint density at radius 2 is 2.19 bits per heavy atom. The molecule has 1 N–H and O–H groups in total. The lowest BCUT2D eigenvalue weighted by atomic mass is 10.1. The van der Waals surface area contributed by atoms with E-state index in [1.54, 1.807) is 10.9 Å². The molecule has 1 unspecified atom stereocenters. The van der Waals surface area contributed by atoms with Gasteiger partial charge in [-0.15, -0.1) is 0 Å². The summed E-state index contributed by atoms with van der Waals surface area (Å²) in [6.45, 7) is 1.77. The molecule has 5 nitrogen and oxygen atoms in total. The second-order valence-corrected chi connectivity index (χ2v) is 4.20. The lowest BCUT2D eigenvalue weighted by Gasteiger charge is -2.21. The van der Waals surface area contributed by atoms with E-state index in [-0.39, 0.29) is 11.9 Å². The summed E-state index contributed by atoms with van der Waals surface area (Å²) in [5.41, 5.74) is 0.932. The van der Waals surface area contributed by atoms with Crippen LogP contribution in [-0.4, -0.2) is 40.7 Å². The number of aryl methyl sites for hydroxylation is 1. The van der Waals surface area contributed by atoms with Crippen molar-refractivity contribution in [2.45, 2.75) is 18.9 Å². The summed E-state index contributed by atoms with van der Waals surface area (Å²) in [6.07, 6.45) is 5.87. The van der Waals surface area contributed by atoms with Crippen LogP contribution < -0.4 is 5.32 Å². The molecule has 5 heteroatoms. The maximum atomic E-state index is 12.2. The highest BCUT2D eigenvalue weighted by Crippen LogP contribution is 2.18.